The molecule has 0 radical (unpaired) electrons. The second-order valence-corrected chi connectivity index (χ2v) is 7.90. The highest BCUT2D eigenvalue weighted by atomic mass is 16.2. The highest BCUT2D eigenvalue weighted by molar-refractivity contribution is 6.22. The van der Waals surface area contributed by atoms with Gasteiger partial charge in [0, 0.05) is 24.4 Å². The Bertz CT molecular complexity index is 885. The molecule has 2 aliphatic heterocycles. The monoisotopic (exact) mass is 392 g/mol. The van der Waals surface area contributed by atoms with E-state index in [1.165, 1.54) is 10.5 Å². The number of carbonyl (C=O) groups excluding carboxylic acids is 3. The maximum atomic E-state index is 12.7. The first kappa shape index (κ1) is 19.3. The van der Waals surface area contributed by atoms with Gasteiger partial charge in [0.05, 0.1) is 24.2 Å². The first-order valence-corrected chi connectivity index (χ1v) is 10.2. The van der Waals surface area contributed by atoms with Gasteiger partial charge in [0.25, 0.3) is 11.8 Å². The molecule has 2 aliphatic rings. The molecule has 0 unspecified atom stereocenters. The standard InChI is InChI=1S/C23H25N3O3/c1-16(26-22(28)19-9-5-6-10-20(19)23(26)29)21(27)24-18-11-13-25(14-12-18)15-17-7-3-2-4-8-17/h2-10,16,18H,11-15H2,1H3,(H,24,27)/p+1/t16-/m1/s1. The van der Waals surface area contributed by atoms with Gasteiger partial charge in [-0.05, 0) is 19.1 Å². The van der Waals surface area contributed by atoms with Gasteiger partial charge in [0.15, 0.2) is 0 Å². The summed E-state index contributed by atoms with van der Waals surface area (Å²) in [4.78, 5) is 40.5. The third-order valence-corrected chi connectivity index (χ3v) is 5.93. The van der Waals surface area contributed by atoms with Gasteiger partial charge in [-0.3, -0.25) is 19.3 Å². The third-order valence-electron chi connectivity index (χ3n) is 5.93. The molecule has 2 N–H and O–H groups in total. The number of benzene rings is 2. The van der Waals surface area contributed by atoms with Crippen LogP contribution in [0, 0.1) is 0 Å². The van der Waals surface area contributed by atoms with Gasteiger partial charge < -0.3 is 10.2 Å². The Balaban J connectivity index is 1.31. The lowest BCUT2D eigenvalue weighted by atomic mass is 10.0. The molecule has 1 saturated heterocycles. The number of likely N-dealkylation sites (tertiary alicyclic amines) is 1. The number of nitrogens with zero attached hydrogens (tertiary/aromatic N) is 1. The minimum Gasteiger partial charge on any atom is -0.351 e. The molecule has 1 atom stereocenters. The fourth-order valence-corrected chi connectivity index (χ4v) is 4.23. The molecule has 0 spiro atoms. The van der Waals surface area contributed by atoms with Crippen LogP contribution in [-0.2, 0) is 11.3 Å². The third kappa shape index (κ3) is 3.93. The van der Waals surface area contributed by atoms with E-state index in [2.05, 4.69) is 29.6 Å². The van der Waals surface area contributed by atoms with Crippen molar-refractivity contribution >= 4 is 17.7 Å². The van der Waals surface area contributed by atoms with Crippen LogP contribution in [0.15, 0.2) is 54.6 Å². The van der Waals surface area contributed by atoms with Gasteiger partial charge in [-0.2, -0.15) is 0 Å². The fourth-order valence-electron chi connectivity index (χ4n) is 4.23. The largest absolute Gasteiger partial charge is 0.351 e. The summed E-state index contributed by atoms with van der Waals surface area (Å²) in [6, 6.07) is 16.4. The van der Waals surface area contributed by atoms with Crippen molar-refractivity contribution in [2.24, 2.45) is 0 Å². The van der Waals surface area contributed by atoms with Gasteiger partial charge >= 0.3 is 0 Å². The van der Waals surface area contributed by atoms with Crippen molar-refractivity contribution in [2.75, 3.05) is 13.1 Å². The van der Waals surface area contributed by atoms with Crippen LogP contribution >= 0.6 is 0 Å². The molecule has 2 aromatic rings. The van der Waals surface area contributed by atoms with E-state index < -0.39 is 17.9 Å². The van der Waals surface area contributed by atoms with Gasteiger partial charge in [-0.15, -0.1) is 0 Å². The lowest BCUT2D eigenvalue weighted by Gasteiger charge is -2.31. The van der Waals surface area contributed by atoms with E-state index in [0.29, 0.717) is 11.1 Å². The summed E-state index contributed by atoms with van der Waals surface area (Å²) >= 11 is 0. The first-order valence-electron chi connectivity index (χ1n) is 10.2. The summed E-state index contributed by atoms with van der Waals surface area (Å²) in [5, 5.41) is 3.05. The number of hydrogen-bond acceptors (Lipinski definition) is 3. The molecule has 6 heteroatoms. The number of imide groups is 1. The predicted octanol–water partition coefficient (Wildman–Crippen LogP) is 1.03. The SMILES string of the molecule is C[C@H](C(=O)NC1CC[NH+](Cc2ccccc2)CC1)N1C(=O)c2ccccc2C1=O. The van der Waals surface area contributed by atoms with Gasteiger partial charge in [0.1, 0.15) is 12.6 Å². The van der Waals surface area contributed by atoms with Crippen LogP contribution in [0.1, 0.15) is 46.0 Å². The molecule has 4 rings (SSSR count). The molecule has 2 aromatic carbocycles. The summed E-state index contributed by atoms with van der Waals surface area (Å²) in [6.07, 6.45) is 1.78. The Morgan fingerprint density at radius 1 is 1.00 bits per heavy atom. The Morgan fingerprint density at radius 2 is 1.55 bits per heavy atom. The van der Waals surface area contributed by atoms with Crippen molar-refractivity contribution in [3.8, 4) is 0 Å². The minimum atomic E-state index is -0.822. The summed E-state index contributed by atoms with van der Waals surface area (Å²) in [5.41, 5.74) is 2.06. The van der Waals surface area contributed by atoms with E-state index in [1.807, 2.05) is 6.07 Å². The van der Waals surface area contributed by atoms with Crippen LogP contribution in [0.4, 0.5) is 0 Å². The van der Waals surface area contributed by atoms with Crippen LogP contribution in [0.5, 0.6) is 0 Å². The van der Waals surface area contributed by atoms with E-state index in [-0.39, 0.29) is 11.9 Å². The number of hydrogen-bond donors (Lipinski definition) is 2. The topological polar surface area (TPSA) is 70.9 Å². The van der Waals surface area contributed by atoms with E-state index in [4.69, 9.17) is 0 Å². The van der Waals surface area contributed by atoms with Crippen molar-refractivity contribution in [1.82, 2.24) is 10.2 Å². The average molecular weight is 392 g/mol. The molecule has 2 heterocycles. The molecule has 0 aliphatic carbocycles. The number of rotatable bonds is 5. The maximum absolute atomic E-state index is 12.7. The highest BCUT2D eigenvalue weighted by Gasteiger charge is 2.41. The zero-order valence-electron chi connectivity index (χ0n) is 16.6. The Kier molecular flexibility index (Phi) is 5.45. The van der Waals surface area contributed by atoms with Gasteiger partial charge in [0.2, 0.25) is 5.91 Å². The Hall–Kier alpha value is -2.99. The fraction of sp³-hybridized carbons (Fsp3) is 0.348. The zero-order valence-corrected chi connectivity index (χ0v) is 16.6. The van der Waals surface area contributed by atoms with E-state index >= 15 is 0 Å². The smallest absolute Gasteiger partial charge is 0.262 e. The first-order chi connectivity index (χ1) is 14.0. The number of piperidine rings is 1. The second kappa shape index (κ2) is 8.17. The van der Waals surface area contributed by atoms with Crippen LogP contribution in [0.25, 0.3) is 0 Å². The van der Waals surface area contributed by atoms with Crippen molar-refractivity contribution in [3.63, 3.8) is 0 Å². The average Bonchev–Trinajstić information content (AvgIpc) is 3.00. The number of amides is 3. The van der Waals surface area contributed by atoms with Crippen molar-refractivity contribution < 1.29 is 19.3 Å². The molecule has 150 valence electrons. The number of quaternary nitrogens is 1. The molecule has 6 nitrogen and oxygen atoms in total. The predicted molar refractivity (Wildman–Crippen MR) is 108 cm³/mol. The number of nitrogens with one attached hydrogen (secondary N) is 2. The van der Waals surface area contributed by atoms with Crippen molar-refractivity contribution in [1.29, 1.82) is 0 Å². The summed E-state index contributed by atoms with van der Waals surface area (Å²) in [5.74, 6) is -1.05. The molecule has 0 bridgehead atoms. The molecular formula is C23H26N3O3+. The lowest BCUT2D eigenvalue weighted by Crippen LogP contribution is -3.12. The van der Waals surface area contributed by atoms with Crippen LogP contribution in [0.3, 0.4) is 0 Å². The van der Waals surface area contributed by atoms with Gasteiger partial charge in [-0.1, -0.05) is 42.5 Å². The molecule has 29 heavy (non-hydrogen) atoms. The molecular weight excluding hydrogens is 366 g/mol. The number of fused-ring (bicyclic) bond motifs is 1. The minimum absolute atomic E-state index is 0.0830. The van der Waals surface area contributed by atoms with E-state index in [0.717, 1.165) is 37.4 Å². The second-order valence-electron chi connectivity index (χ2n) is 7.90. The molecule has 0 saturated carbocycles. The van der Waals surface area contributed by atoms with Crippen LogP contribution in [0.2, 0.25) is 0 Å². The lowest BCUT2D eigenvalue weighted by molar-refractivity contribution is -0.918. The van der Waals surface area contributed by atoms with Crippen LogP contribution < -0.4 is 10.2 Å². The quantitative estimate of drug-likeness (QED) is 0.747. The summed E-state index contributed by atoms with van der Waals surface area (Å²) in [6.45, 7) is 4.59. The van der Waals surface area contributed by atoms with Crippen molar-refractivity contribution in [3.05, 3.63) is 71.3 Å². The van der Waals surface area contributed by atoms with Crippen LogP contribution in [-0.4, -0.2) is 47.8 Å². The summed E-state index contributed by atoms with van der Waals surface area (Å²) < 4.78 is 0. The maximum Gasteiger partial charge on any atom is 0.262 e. The normalized spacial score (nSPS) is 22.3. The van der Waals surface area contributed by atoms with Crippen molar-refractivity contribution in [2.45, 2.75) is 38.4 Å². The van der Waals surface area contributed by atoms with E-state index in [1.54, 1.807) is 31.2 Å². The zero-order chi connectivity index (χ0) is 20.4. The molecule has 1 fully saturated rings. The summed E-state index contributed by atoms with van der Waals surface area (Å²) in [7, 11) is 0. The molecule has 3 amide bonds. The molecule has 0 aromatic heterocycles. The Labute approximate surface area is 170 Å². The van der Waals surface area contributed by atoms with Gasteiger partial charge in [-0.25, -0.2) is 0 Å². The Morgan fingerprint density at radius 3 is 2.14 bits per heavy atom. The van der Waals surface area contributed by atoms with E-state index in [9.17, 15) is 14.4 Å². The number of carbonyl (C=O) groups is 3. The highest BCUT2D eigenvalue weighted by Crippen LogP contribution is 2.24.